The SMILES string of the molecule is CC(=O)NC[C@H]1[C@H]2C[C@H](CN(C(=O)CCc3ccncc3)C2)c2cccc(=O)n21. The zero-order valence-corrected chi connectivity index (χ0v) is 16.6. The van der Waals surface area contributed by atoms with Gasteiger partial charge in [-0.15, -0.1) is 0 Å². The molecule has 2 aliphatic rings. The maximum Gasteiger partial charge on any atom is 0.251 e. The molecule has 2 amide bonds. The minimum atomic E-state index is -0.130. The summed E-state index contributed by atoms with van der Waals surface area (Å²) in [6, 6.07) is 9.08. The van der Waals surface area contributed by atoms with E-state index in [1.54, 1.807) is 24.5 Å². The molecule has 0 aliphatic carbocycles. The number of nitrogens with one attached hydrogen (secondary N) is 1. The normalized spacial score (nSPS) is 22.7. The summed E-state index contributed by atoms with van der Waals surface area (Å²) in [7, 11) is 0. The number of nitrogens with zero attached hydrogens (tertiary/aromatic N) is 3. The Morgan fingerprint density at radius 3 is 2.72 bits per heavy atom. The Morgan fingerprint density at radius 1 is 1.17 bits per heavy atom. The number of rotatable bonds is 5. The number of fused-ring (bicyclic) bond motifs is 4. The first-order valence-corrected chi connectivity index (χ1v) is 10.2. The molecule has 4 rings (SSSR count). The summed E-state index contributed by atoms with van der Waals surface area (Å²) in [6.45, 7) is 3.15. The summed E-state index contributed by atoms with van der Waals surface area (Å²) in [6.07, 6.45) is 5.57. The van der Waals surface area contributed by atoms with E-state index in [1.165, 1.54) is 6.92 Å². The lowest BCUT2D eigenvalue weighted by Crippen LogP contribution is -2.53. The van der Waals surface area contributed by atoms with Crippen molar-refractivity contribution in [3.63, 3.8) is 0 Å². The molecule has 7 nitrogen and oxygen atoms in total. The molecule has 1 N–H and O–H groups in total. The quantitative estimate of drug-likeness (QED) is 0.833. The lowest BCUT2D eigenvalue weighted by molar-refractivity contribution is -0.134. The second kappa shape index (κ2) is 8.19. The Kier molecular flexibility index (Phi) is 5.47. The van der Waals surface area contributed by atoms with Crippen molar-refractivity contribution in [2.24, 2.45) is 5.92 Å². The monoisotopic (exact) mass is 394 g/mol. The molecule has 0 saturated carbocycles. The molecule has 29 heavy (non-hydrogen) atoms. The zero-order chi connectivity index (χ0) is 20.4. The molecule has 3 atom stereocenters. The summed E-state index contributed by atoms with van der Waals surface area (Å²) in [5, 5.41) is 2.87. The molecule has 4 heterocycles. The molecule has 2 aromatic heterocycles. The maximum atomic E-state index is 12.9. The Bertz CT molecular complexity index is 956. The van der Waals surface area contributed by atoms with Crippen LogP contribution in [0.15, 0.2) is 47.5 Å². The van der Waals surface area contributed by atoms with Crippen molar-refractivity contribution in [2.45, 2.75) is 38.1 Å². The van der Waals surface area contributed by atoms with Gasteiger partial charge < -0.3 is 14.8 Å². The summed E-state index contributed by atoms with van der Waals surface area (Å²) in [5.74, 6) is 0.333. The third kappa shape index (κ3) is 4.09. The van der Waals surface area contributed by atoms with E-state index in [4.69, 9.17) is 0 Å². The fraction of sp³-hybridized carbons (Fsp3) is 0.455. The van der Waals surface area contributed by atoms with Crippen LogP contribution in [0.3, 0.4) is 0 Å². The molecule has 0 unspecified atom stereocenters. The van der Waals surface area contributed by atoms with Crippen LogP contribution in [0.5, 0.6) is 0 Å². The molecule has 0 spiro atoms. The van der Waals surface area contributed by atoms with Gasteiger partial charge in [0.1, 0.15) is 0 Å². The number of amides is 2. The average Bonchev–Trinajstić information content (AvgIpc) is 2.73. The zero-order valence-electron chi connectivity index (χ0n) is 16.6. The van der Waals surface area contributed by atoms with Crippen LogP contribution in [-0.4, -0.2) is 45.9 Å². The number of likely N-dealkylation sites (tertiary alicyclic amines) is 1. The fourth-order valence-corrected chi connectivity index (χ4v) is 4.72. The second-order valence-corrected chi connectivity index (χ2v) is 8.01. The van der Waals surface area contributed by atoms with Crippen molar-refractivity contribution < 1.29 is 9.59 Å². The molecule has 1 fully saturated rings. The van der Waals surface area contributed by atoms with Gasteiger partial charge in [0.15, 0.2) is 0 Å². The summed E-state index contributed by atoms with van der Waals surface area (Å²) in [5.41, 5.74) is 2.03. The van der Waals surface area contributed by atoms with E-state index in [9.17, 15) is 14.4 Å². The Labute approximate surface area is 169 Å². The molecule has 2 aromatic rings. The lowest BCUT2D eigenvalue weighted by atomic mass is 9.78. The first kappa shape index (κ1) is 19.4. The number of pyridine rings is 2. The molecule has 152 valence electrons. The van der Waals surface area contributed by atoms with Crippen molar-refractivity contribution in [3.8, 4) is 0 Å². The van der Waals surface area contributed by atoms with Gasteiger partial charge in [0, 0.05) is 63.1 Å². The van der Waals surface area contributed by atoms with Gasteiger partial charge in [-0.1, -0.05) is 6.07 Å². The summed E-state index contributed by atoms with van der Waals surface area (Å²) >= 11 is 0. The molecular weight excluding hydrogens is 368 g/mol. The van der Waals surface area contributed by atoms with Crippen LogP contribution in [0.2, 0.25) is 0 Å². The van der Waals surface area contributed by atoms with Crippen LogP contribution in [0.4, 0.5) is 0 Å². The number of hydrogen-bond donors (Lipinski definition) is 1. The Morgan fingerprint density at radius 2 is 1.97 bits per heavy atom. The van der Waals surface area contributed by atoms with Gasteiger partial charge >= 0.3 is 0 Å². The first-order chi connectivity index (χ1) is 14.0. The van der Waals surface area contributed by atoms with Crippen LogP contribution in [0.25, 0.3) is 0 Å². The summed E-state index contributed by atoms with van der Waals surface area (Å²) in [4.78, 5) is 43.0. The second-order valence-electron chi connectivity index (χ2n) is 8.01. The van der Waals surface area contributed by atoms with E-state index in [0.717, 1.165) is 17.7 Å². The van der Waals surface area contributed by atoms with E-state index in [0.29, 0.717) is 32.5 Å². The molecule has 2 aliphatic heterocycles. The molecule has 1 saturated heterocycles. The van der Waals surface area contributed by atoms with Gasteiger partial charge in [0.05, 0.1) is 6.04 Å². The van der Waals surface area contributed by atoms with Crippen molar-refractivity contribution in [1.29, 1.82) is 0 Å². The standard InChI is InChI=1S/C22H26N4O3/c1-15(27)24-12-20-18-11-17(19-3-2-4-22(29)26(19)20)13-25(14-18)21(28)6-5-16-7-9-23-10-8-16/h2-4,7-10,17-18,20H,5-6,11-14H2,1H3,(H,24,27)/t17-,18+,20+/m1/s1. The van der Waals surface area contributed by atoms with Crippen LogP contribution in [0, 0.1) is 5.92 Å². The first-order valence-electron chi connectivity index (χ1n) is 10.2. The molecular formula is C22H26N4O3. The van der Waals surface area contributed by atoms with Gasteiger partial charge in [-0.3, -0.25) is 19.4 Å². The molecule has 0 aromatic carbocycles. The van der Waals surface area contributed by atoms with Gasteiger partial charge in [0.25, 0.3) is 5.56 Å². The highest BCUT2D eigenvalue weighted by atomic mass is 16.2. The average molecular weight is 394 g/mol. The Balaban J connectivity index is 1.53. The fourth-order valence-electron chi connectivity index (χ4n) is 4.72. The van der Waals surface area contributed by atoms with E-state index in [-0.39, 0.29) is 35.3 Å². The molecule has 7 heteroatoms. The van der Waals surface area contributed by atoms with Crippen molar-refractivity contribution in [2.75, 3.05) is 19.6 Å². The van der Waals surface area contributed by atoms with Gasteiger partial charge in [-0.2, -0.15) is 0 Å². The number of aromatic nitrogens is 2. The minimum Gasteiger partial charge on any atom is -0.354 e. The highest BCUT2D eigenvalue weighted by molar-refractivity contribution is 5.76. The smallest absolute Gasteiger partial charge is 0.251 e. The van der Waals surface area contributed by atoms with Gasteiger partial charge in [-0.25, -0.2) is 0 Å². The number of carbonyl (C=O) groups is 2. The number of piperidine rings is 1. The van der Waals surface area contributed by atoms with E-state index >= 15 is 0 Å². The van der Waals surface area contributed by atoms with Crippen LogP contribution in [-0.2, 0) is 16.0 Å². The number of carbonyl (C=O) groups excluding carboxylic acids is 2. The summed E-state index contributed by atoms with van der Waals surface area (Å²) < 4.78 is 1.84. The van der Waals surface area contributed by atoms with Crippen LogP contribution >= 0.6 is 0 Å². The third-order valence-corrected chi connectivity index (χ3v) is 6.09. The minimum absolute atomic E-state index is 0.0370. The highest BCUT2D eigenvalue weighted by Crippen LogP contribution is 2.40. The predicted molar refractivity (Wildman–Crippen MR) is 108 cm³/mol. The van der Waals surface area contributed by atoms with Crippen molar-refractivity contribution in [3.05, 3.63) is 64.3 Å². The van der Waals surface area contributed by atoms with Crippen molar-refractivity contribution >= 4 is 11.8 Å². The van der Waals surface area contributed by atoms with Gasteiger partial charge in [0.2, 0.25) is 11.8 Å². The topological polar surface area (TPSA) is 84.3 Å². The van der Waals surface area contributed by atoms with E-state index < -0.39 is 0 Å². The van der Waals surface area contributed by atoms with Crippen LogP contribution in [0.1, 0.15) is 43.0 Å². The lowest BCUT2D eigenvalue weighted by Gasteiger charge is -2.47. The number of aryl methyl sites for hydroxylation is 1. The van der Waals surface area contributed by atoms with Crippen molar-refractivity contribution in [1.82, 2.24) is 19.8 Å². The van der Waals surface area contributed by atoms with E-state index in [2.05, 4.69) is 10.3 Å². The van der Waals surface area contributed by atoms with E-state index in [1.807, 2.05) is 27.7 Å². The molecule has 0 radical (unpaired) electrons. The van der Waals surface area contributed by atoms with Gasteiger partial charge in [-0.05, 0) is 42.5 Å². The largest absolute Gasteiger partial charge is 0.354 e. The number of hydrogen-bond acceptors (Lipinski definition) is 4. The highest BCUT2D eigenvalue weighted by Gasteiger charge is 2.41. The Hall–Kier alpha value is -2.96. The third-order valence-electron chi connectivity index (χ3n) is 6.09. The van der Waals surface area contributed by atoms with Crippen LogP contribution < -0.4 is 10.9 Å². The predicted octanol–water partition coefficient (Wildman–Crippen LogP) is 1.50. The maximum absolute atomic E-state index is 12.9. The molecule has 2 bridgehead atoms.